The van der Waals surface area contributed by atoms with Crippen molar-refractivity contribution in [3.8, 4) is 17.6 Å². The fourth-order valence-corrected chi connectivity index (χ4v) is 4.20. The molecule has 5 N–H and O–H groups in total. The number of hydrogen-bond acceptors (Lipinski definition) is 9. The third kappa shape index (κ3) is 3.96. The molecule has 0 radical (unpaired) electrons. The molecule has 1 aromatic carbocycles. The number of allylic oxidation sites excluding steroid dienone is 1. The lowest BCUT2D eigenvalue weighted by atomic mass is 9.85. The van der Waals surface area contributed by atoms with Crippen molar-refractivity contribution in [2.75, 3.05) is 37.4 Å². The molecule has 174 valence electrons. The lowest BCUT2D eigenvalue weighted by Gasteiger charge is -2.26. The van der Waals surface area contributed by atoms with Crippen LogP contribution in [0.4, 0.5) is 17.5 Å². The molecule has 34 heavy (non-hydrogen) atoms. The minimum Gasteiger partial charge on any atom is -0.485 e. The zero-order valence-corrected chi connectivity index (χ0v) is 18.9. The smallest absolute Gasteiger partial charge is 0.231 e. The highest BCUT2D eigenvalue weighted by atomic mass is 16.6. The van der Waals surface area contributed by atoms with Crippen molar-refractivity contribution in [1.82, 2.24) is 20.3 Å². The van der Waals surface area contributed by atoms with Crippen molar-refractivity contribution < 1.29 is 9.47 Å². The van der Waals surface area contributed by atoms with Gasteiger partial charge in [0.1, 0.15) is 30.7 Å². The van der Waals surface area contributed by atoms with E-state index in [0.29, 0.717) is 64.7 Å². The van der Waals surface area contributed by atoms with Gasteiger partial charge in [0.05, 0.1) is 16.6 Å². The Labute approximate surface area is 196 Å². The van der Waals surface area contributed by atoms with Crippen LogP contribution in [-0.4, -0.2) is 48.0 Å². The number of aromatic nitrogens is 3. The van der Waals surface area contributed by atoms with Crippen LogP contribution >= 0.6 is 0 Å². The van der Waals surface area contributed by atoms with E-state index in [0.717, 1.165) is 17.8 Å². The second-order valence-electron chi connectivity index (χ2n) is 8.25. The van der Waals surface area contributed by atoms with Crippen molar-refractivity contribution >= 4 is 40.4 Å². The van der Waals surface area contributed by atoms with Gasteiger partial charge < -0.3 is 35.8 Å². The molecule has 0 atom stereocenters. The van der Waals surface area contributed by atoms with Gasteiger partial charge in [-0.2, -0.15) is 15.2 Å². The summed E-state index contributed by atoms with van der Waals surface area (Å²) in [5.74, 6) is 2.79. The number of rotatable bonds is 8. The Morgan fingerprint density at radius 2 is 2.09 bits per heavy atom. The Morgan fingerprint density at radius 3 is 2.79 bits per heavy atom. The van der Waals surface area contributed by atoms with Crippen molar-refractivity contribution in [3.05, 3.63) is 35.5 Å². The van der Waals surface area contributed by atoms with Crippen molar-refractivity contribution in [1.29, 1.82) is 10.7 Å². The van der Waals surface area contributed by atoms with Gasteiger partial charge in [-0.25, -0.2) is 0 Å². The molecule has 2 aliphatic rings. The van der Waals surface area contributed by atoms with E-state index in [9.17, 15) is 5.26 Å². The number of nitrogens with one attached hydrogen (secondary N) is 5. The second kappa shape index (κ2) is 9.31. The van der Waals surface area contributed by atoms with E-state index in [2.05, 4.69) is 32.0 Å². The average Bonchev–Trinajstić information content (AvgIpc) is 3.25. The maximum Gasteiger partial charge on any atom is 0.231 e. The van der Waals surface area contributed by atoms with Crippen molar-refractivity contribution in [2.45, 2.75) is 19.3 Å². The highest BCUT2D eigenvalue weighted by molar-refractivity contribution is 5.94. The number of aromatic amines is 1. The maximum atomic E-state index is 9.53. The number of fused-ring (bicyclic) bond motifs is 2. The molecule has 1 fully saturated rings. The molecule has 1 aliphatic heterocycles. The predicted molar refractivity (Wildman–Crippen MR) is 131 cm³/mol. The van der Waals surface area contributed by atoms with Crippen LogP contribution in [-0.2, 0) is 0 Å². The minimum atomic E-state index is 0.378. The summed E-state index contributed by atoms with van der Waals surface area (Å²) in [6.45, 7) is 1.67. The lowest BCUT2D eigenvalue weighted by molar-refractivity contribution is 0.172. The van der Waals surface area contributed by atoms with Crippen LogP contribution in [0.2, 0.25) is 0 Å². The molecule has 3 aromatic rings. The van der Waals surface area contributed by atoms with E-state index in [-0.39, 0.29) is 0 Å². The Balaban J connectivity index is 1.52. The van der Waals surface area contributed by atoms with Gasteiger partial charge in [0, 0.05) is 37.3 Å². The van der Waals surface area contributed by atoms with E-state index in [1.165, 1.54) is 25.5 Å². The first-order chi connectivity index (χ1) is 16.7. The number of ether oxygens (including phenoxy) is 2. The Hall–Kier alpha value is -4.26. The zero-order valence-electron chi connectivity index (χ0n) is 18.9. The quantitative estimate of drug-likeness (QED) is 0.321. The van der Waals surface area contributed by atoms with Crippen LogP contribution in [0.1, 0.15) is 30.4 Å². The van der Waals surface area contributed by atoms with E-state index in [1.54, 1.807) is 19.3 Å². The number of H-pyrrole nitrogens is 1. The van der Waals surface area contributed by atoms with Gasteiger partial charge in [-0.1, -0.05) is 6.42 Å². The normalized spacial score (nSPS) is 15.4. The monoisotopic (exact) mass is 458 g/mol. The summed E-state index contributed by atoms with van der Waals surface area (Å²) in [6, 6.07) is 5.99. The SMILES string of the molecule is CN/C(=C\C=N)c1ccc(Nc2nc(NCC3CCC3)c3c(C#N)c[nH]c3n2)c2c1OCCO2. The molecular formula is C24H26N8O2. The molecule has 1 aliphatic carbocycles. The number of hydrogen-bond donors (Lipinski definition) is 5. The molecule has 0 saturated heterocycles. The van der Waals surface area contributed by atoms with Crippen molar-refractivity contribution in [2.24, 2.45) is 5.92 Å². The predicted octanol–water partition coefficient (Wildman–Crippen LogP) is 3.77. The zero-order chi connectivity index (χ0) is 23.5. The molecule has 1 saturated carbocycles. The number of benzene rings is 1. The van der Waals surface area contributed by atoms with Crippen LogP contribution < -0.4 is 25.4 Å². The van der Waals surface area contributed by atoms with Crippen LogP contribution in [0.15, 0.2) is 24.4 Å². The molecule has 0 spiro atoms. The number of nitrogens with zero attached hydrogens (tertiary/aromatic N) is 3. The van der Waals surface area contributed by atoms with E-state index >= 15 is 0 Å². The second-order valence-corrected chi connectivity index (χ2v) is 8.25. The number of nitriles is 1. The molecule has 5 rings (SSSR count). The summed E-state index contributed by atoms with van der Waals surface area (Å²) in [5, 5.41) is 27.4. The first-order valence-electron chi connectivity index (χ1n) is 11.3. The summed E-state index contributed by atoms with van der Waals surface area (Å²) in [5.41, 5.74) is 3.31. The first-order valence-corrected chi connectivity index (χ1v) is 11.3. The van der Waals surface area contributed by atoms with Gasteiger partial charge in [-0.3, -0.25) is 0 Å². The van der Waals surface area contributed by atoms with Gasteiger partial charge in [0.25, 0.3) is 0 Å². The lowest BCUT2D eigenvalue weighted by Crippen LogP contribution is -2.21. The van der Waals surface area contributed by atoms with Gasteiger partial charge in [-0.15, -0.1) is 0 Å². The molecule has 10 heteroatoms. The molecule has 0 amide bonds. The summed E-state index contributed by atoms with van der Waals surface area (Å²) in [7, 11) is 1.80. The third-order valence-electron chi connectivity index (χ3n) is 6.18. The fourth-order valence-electron chi connectivity index (χ4n) is 4.20. The standard InChI is InChI=1S/C24H26N8O2/c1-27-17(7-8-25)16-5-6-18(21-20(16)33-9-10-34-21)30-24-31-22(28-12-14-3-2-4-14)19-15(11-26)13-29-23(19)32-24/h5-8,13-14,25,27H,2-4,9-10,12H2,1H3,(H3,28,29,30,31,32)/b17-7-,25-8?. The van der Waals surface area contributed by atoms with Gasteiger partial charge in [0.15, 0.2) is 11.5 Å². The fraction of sp³-hybridized carbons (Fsp3) is 0.333. The molecular weight excluding hydrogens is 432 g/mol. The highest BCUT2D eigenvalue weighted by Crippen LogP contribution is 2.43. The summed E-state index contributed by atoms with van der Waals surface area (Å²) < 4.78 is 11.9. The van der Waals surface area contributed by atoms with Crippen LogP contribution in [0, 0.1) is 22.7 Å². The Bertz CT molecular complexity index is 1300. The highest BCUT2D eigenvalue weighted by Gasteiger charge is 2.24. The van der Waals surface area contributed by atoms with E-state index in [4.69, 9.17) is 19.9 Å². The van der Waals surface area contributed by atoms with Crippen LogP contribution in [0.25, 0.3) is 16.7 Å². The van der Waals surface area contributed by atoms with Crippen LogP contribution in [0.3, 0.4) is 0 Å². The average molecular weight is 459 g/mol. The van der Waals surface area contributed by atoms with E-state index in [1.807, 2.05) is 12.1 Å². The topological polar surface area (TPSA) is 144 Å². The van der Waals surface area contributed by atoms with Gasteiger partial charge in [0.2, 0.25) is 5.95 Å². The molecule has 2 aromatic heterocycles. The molecule has 10 nitrogen and oxygen atoms in total. The first kappa shape index (κ1) is 21.6. The van der Waals surface area contributed by atoms with E-state index < -0.39 is 0 Å². The Morgan fingerprint density at radius 1 is 1.26 bits per heavy atom. The molecule has 0 bridgehead atoms. The third-order valence-corrected chi connectivity index (χ3v) is 6.18. The van der Waals surface area contributed by atoms with Crippen LogP contribution in [0.5, 0.6) is 11.5 Å². The van der Waals surface area contributed by atoms with Crippen molar-refractivity contribution in [3.63, 3.8) is 0 Å². The number of anilines is 3. The molecule has 3 heterocycles. The largest absolute Gasteiger partial charge is 0.485 e. The summed E-state index contributed by atoms with van der Waals surface area (Å²) in [4.78, 5) is 12.4. The molecule has 0 unspecified atom stereocenters. The summed E-state index contributed by atoms with van der Waals surface area (Å²) in [6.07, 6.45) is 8.22. The summed E-state index contributed by atoms with van der Waals surface area (Å²) >= 11 is 0. The van der Waals surface area contributed by atoms with Gasteiger partial charge in [-0.05, 0) is 37.0 Å². The Kier molecular flexibility index (Phi) is 5.91. The maximum absolute atomic E-state index is 9.53. The minimum absolute atomic E-state index is 0.378. The van der Waals surface area contributed by atoms with Gasteiger partial charge >= 0.3 is 0 Å².